The van der Waals surface area contributed by atoms with Gasteiger partial charge in [-0.15, -0.1) is 0 Å². The zero-order valence-corrected chi connectivity index (χ0v) is 20.4. The first kappa shape index (κ1) is 24.6. The molecule has 0 saturated heterocycles. The molecule has 0 fully saturated rings. The maximum atomic E-state index is 12.7. The molecular formula is C29H30N2O3. The number of nitrogens with one attached hydrogen (secondary N) is 1. The number of hydrogen-bond donors (Lipinski definition) is 1. The second-order valence-electron chi connectivity index (χ2n) is 8.29. The van der Waals surface area contributed by atoms with E-state index < -0.39 is 5.91 Å². The Morgan fingerprint density at radius 2 is 1.68 bits per heavy atom. The van der Waals surface area contributed by atoms with E-state index in [0.29, 0.717) is 36.0 Å². The Hall–Kier alpha value is -4.04. The summed E-state index contributed by atoms with van der Waals surface area (Å²) in [6, 6.07) is 19.4. The van der Waals surface area contributed by atoms with Gasteiger partial charge in [-0.2, -0.15) is 5.26 Å². The van der Waals surface area contributed by atoms with E-state index in [1.807, 2.05) is 51.1 Å². The molecule has 1 amide bonds. The van der Waals surface area contributed by atoms with Gasteiger partial charge in [0.05, 0.1) is 6.61 Å². The monoisotopic (exact) mass is 454 g/mol. The number of ether oxygens (including phenoxy) is 2. The number of amides is 1. The Balaban J connectivity index is 1.80. The highest BCUT2D eigenvalue weighted by Gasteiger charge is 2.13. The van der Waals surface area contributed by atoms with Gasteiger partial charge in [-0.3, -0.25) is 4.79 Å². The maximum absolute atomic E-state index is 12.7. The summed E-state index contributed by atoms with van der Waals surface area (Å²) in [5.74, 6) is 0.715. The van der Waals surface area contributed by atoms with E-state index in [0.717, 1.165) is 16.7 Å². The number of aryl methyl sites for hydroxylation is 4. The zero-order valence-electron chi connectivity index (χ0n) is 20.4. The number of benzene rings is 3. The van der Waals surface area contributed by atoms with Gasteiger partial charge in [-0.05, 0) is 92.3 Å². The summed E-state index contributed by atoms with van der Waals surface area (Å²) in [7, 11) is 0. The van der Waals surface area contributed by atoms with E-state index in [-0.39, 0.29) is 5.57 Å². The van der Waals surface area contributed by atoms with E-state index in [2.05, 4.69) is 31.3 Å². The minimum absolute atomic E-state index is 0.00662. The average molecular weight is 455 g/mol. The van der Waals surface area contributed by atoms with E-state index >= 15 is 0 Å². The average Bonchev–Trinajstić information content (AvgIpc) is 2.81. The Kier molecular flexibility index (Phi) is 8.10. The van der Waals surface area contributed by atoms with Crippen molar-refractivity contribution in [3.05, 3.63) is 93.6 Å². The molecular weight excluding hydrogens is 424 g/mol. The lowest BCUT2D eigenvalue weighted by molar-refractivity contribution is -0.112. The summed E-state index contributed by atoms with van der Waals surface area (Å²) in [5, 5.41) is 12.4. The first-order valence-corrected chi connectivity index (χ1v) is 11.3. The highest BCUT2D eigenvalue weighted by atomic mass is 16.5. The van der Waals surface area contributed by atoms with Crippen molar-refractivity contribution in [1.82, 2.24) is 0 Å². The number of hydrogen-bond acceptors (Lipinski definition) is 4. The first-order valence-electron chi connectivity index (χ1n) is 11.3. The maximum Gasteiger partial charge on any atom is 0.266 e. The Labute approximate surface area is 201 Å². The van der Waals surface area contributed by atoms with Crippen molar-refractivity contribution in [2.75, 3.05) is 11.9 Å². The van der Waals surface area contributed by atoms with Crippen LogP contribution in [-0.2, 0) is 11.4 Å². The van der Waals surface area contributed by atoms with Crippen LogP contribution in [-0.4, -0.2) is 12.5 Å². The number of nitrogens with zero attached hydrogens (tertiary/aromatic N) is 1. The van der Waals surface area contributed by atoms with Gasteiger partial charge in [0.2, 0.25) is 0 Å². The number of carbonyl (C=O) groups excluding carboxylic acids is 1. The van der Waals surface area contributed by atoms with Gasteiger partial charge in [0.25, 0.3) is 5.91 Å². The summed E-state index contributed by atoms with van der Waals surface area (Å²) in [4.78, 5) is 12.7. The van der Waals surface area contributed by atoms with Crippen molar-refractivity contribution in [3.8, 4) is 17.6 Å². The molecule has 0 saturated carbocycles. The predicted octanol–water partition coefficient (Wildman–Crippen LogP) is 6.44. The number of nitriles is 1. The minimum atomic E-state index is -0.454. The second kappa shape index (κ2) is 11.2. The molecule has 0 aliphatic rings. The smallest absolute Gasteiger partial charge is 0.266 e. The van der Waals surface area contributed by atoms with Crippen LogP contribution in [0.1, 0.15) is 40.3 Å². The highest BCUT2D eigenvalue weighted by molar-refractivity contribution is 6.10. The Bertz CT molecular complexity index is 1270. The standard InChI is InChI=1S/C29H30N2O3/c1-6-33-28-16-23(11-12-27(28)34-18-24-10-9-20(3)22(5)14-24)15-25(17-30)29(32)31-26-13-19(2)7-8-21(26)4/h7-16H,6,18H2,1-5H3,(H,31,32)/b25-15+. The largest absolute Gasteiger partial charge is 0.490 e. The molecule has 0 aliphatic heterocycles. The molecule has 0 radical (unpaired) electrons. The molecule has 34 heavy (non-hydrogen) atoms. The van der Waals surface area contributed by atoms with Crippen molar-refractivity contribution in [3.63, 3.8) is 0 Å². The van der Waals surface area contributed by atoms with Gasteiger partial charge in [0.15, 0.2) is 11.5 Å². The molecule has 174 valence electrons. The lowest BCUT2D eigenvalue weighted by Gasteiger charge is -2.13. The number of rotatable bonds is 8. The fourth-order valence-corrected chi connectivity index (χ4v) is 3.43. The normalized spacial score (nSPS) is 11.0. The third-order valence-corrected chi connectivity index (χ3v) is 5.55. The number of carbonyl (C=O) groups is 1. The van der Waals surface area contributed by atoms with Crippen molar-refractivity contribution < 1.29 is 14.3 Å². The topological polar surface area (TPSA) is 71.3 Å². The molecule has 0 atom stereocenters. The third kappa shape index (κ3) is 6.26. The van der Waals surface area contributed by atoms with Crippen molar-refractivity contribution in [2.45, 2.75) is 41.2 Å². The fourth-order valence-electron chi connectivity index (χ4n) is 3.43. The van der Waals surface area contributed by atoms with Crippen LogP contribution in [0, 0.1) is 39.0 Å². The van der Waals surface area contributed by atoms with Gasteiger partial charge in [0, 0.05) is 5.69 Å². The van der Waals surface area contributed by atoms with Crippen LogP contribution in [0.4, 0.5) is 5.69 Å². The molecule has 3 aromatic carbocycles. The van der Waals surface area contributed by atoms with Crippen LogP contribution in [0.15, 0.2) is 60.2 Å². The molecule has 0 unspecified atom stereocenters. The molecule has 0 aromatic heterocycles. The molecule has 0 spiro atoms. The summed E-state index contributed by atoms with van der Waals surface area (Å²) < 4.78 is 11.8. The van der Waals surface area contributed by atoms with Crippen LogP contribution in [0.2, 0.25) is 0 Å². The molecule has 0 heterocycles. The summed E-state index contributed by atoms with van der Waals surface area (Å²) in [6.45, 7) is 10.8. The van der Waals surface area contributed by atoms with Crippen LogP contribution in [0.3, 0.4) is 0 Å². The van der Waals surface area contributed by atoms with Crippen molar-refractivity contribution in [1.29, 1.82) is 5.26 Å². The van der Waals surface area contributed by atoms with Crippen LogP contribution < -0.4 is 14.8 Å². The SMILES string of the molecule is CCOc1cc(/C=C(\C#N)C(=O)Nc2cc(C)ccc2C)ccc1OCc1ccc(C)c(C)c1. The molecule has 0 aliphatic carbocycles. The summed E-state index contributed by atoms with van der Waals surface area (Å²) in [6.07, 6.45) is 1.55. The van der Waals surface area contributed by atoms with E-state index in [4.69, 9.17) is 9.47 Å². The minimum Gasteiger partial charge on any atom is -0.490 e. The van der Waals surface area contributed by atoms with E-state index in [9.17, 15) is 10.1 Å². The van der Waals surface area contributed by atoms with E-state index in [1.54, 1.807) is 24.3 Å². The van der Waals surface area contributed by atoms with Crippen molar-refractivity contribution in [2.24, 2.45) is 0 Å². The van der Waals surface area contributed by atoms with Gasteiger partial charge in [0.1, 0.15) is 18.2 Å². The molecule has 1 N–H and O–H groups in total. The molecule has 3 aromatic rings. The van der Waals surface area contributed by atoms with Gasteiger partial charge in [-0.1, -0.05) is 36.4 Å². The fraction of sp³-hybridized carbons (Fsp3) is 0.241. The van der Waals surface area contributed by atoms with Gasteiger partial charge < -0.3 is 14.8 Å². The third-order valence-electron chi connectivity index (χ3n) is 5.55. The molecule has 0 bridgehead atoms. The lowest BCUT2D eigenvalue weighted by atomic mass is 10.1. The van der Waals surface area contributed by atoms with Crippen LogP contribution in [0.5, 0.6) is 11.5 Å². The van der Waals surface area contributed by atoms with Gasteiger partial charge >= 0.3 is 0 Å². The molecule has 5 nitrogen and oxygen atoms in total. The Morgan fingerprint density at radius 1 is 0.912 bits per heavy atom. The first-order chi connectivity index (χ1) is 16.3. The van der Waals surface area contributed by atoms with Crippen LogP contribution >= 0.6 is 0 Å². The van der Waals surface area contributed by atoms with Crippen molar-refractivity contribution >= 4 is 17.7 Å². The lowest BCUT2D eigenvalue weighted by Crippen LogP contribution is -2.14. The summed E-state index contributed by atoms with van der Waals surface area (Å²) in [5.41, 5.74) is 6.86. The van der Waals surface area contributed by atoms with E-state index in [1.165, 1.54) is 11.1 Å². The Morgan fingerprint density at radius 3 is 2.38 bits per heavy atom. The quantitative estimate of drug-likeness (QED) is 0.314. The van der Waals surface area contributed by atoms with Gasteiger partial charge in [-0.25, -0.2) is 0 Å². The molecule has 3 rings (SSSR count). The molecule has 5 heteroatoms. The second-order valence-corrected chi connectivity index (χ2v) is 8.29. The predicted molar refractivity (Wildman–Crippen MR) is 136 cm³/mol. The van der Waals surface area contributed by atoms with Crippen LogP contribution in [0.25, 0.3) is 6.08 Å². The zero-order chi connectivity index (χ0) is 24.7. The highest BCUT2D eigenvalue weighted by Crippen LogP contribution is 2.30. The number of anilines is 1. The summed E-state index contributed by atoms with van der Waals surface area (Å²) >= 11 is 0.